The van der Waals surface area contributed by atoms with Gasteiger partial charge in [0, 0.05) is 18.0 Å². The number of para-hydroxylation sites is 1. The highest BCUT2D eigenvalue weighted by molar-refractivity contribution is 6.32. The highest BCUT2D eigenvalue weighted by Gasteiger charge is 2.18. The van der Waals surface area contributed by atoms with E-state index in [0.29, 0.717) is 34.3 Å². The Kier molecular flexibility index (Phi) is 3.83. The van der Waals surface area contributed by atoms with Crippen molar-refractivity contribution in [2.45, 2.75) is 13.3 Å². The topological polar surface area (TPSA) is 30.7 Å². The number of pyridine rings is 1. The van der Waals surface area contributed by atoms with Gasteiger partial charge in [0.05, 0.1) is 5.02 Å². The first-order chi connectivity index (χ1) is 10.1. The minimum Gasteiger partial charge on any atom is -0.276 e. The van der Waals surface area contributed by atoms with Crippen LogP contribution in [-0.2, 0) is 6.42 Å². The summed E-state index contributed by atoms with van der Waals surface area (Å²) in [5.74, 6) is 0.611. The molecule has 0 aliphatic carbocycles. The Morgan fingerprint density at radius 2 is 2.00 bits per heavy atom. The first-order valence-electron chi connectivity index (χ1n) is 6.47. The summed E-state index contributed by atoms with van der Waals surface area (Å²) >= 11 is 12.0. The summed E-state index contributed by atoms with van der Waals surface area (Å²) in [4.78, 5) is 8.96. The quantitative estimate of drug-likeness (QED) is 0.673. The Balaban J connectivity index is 2.38. The lowest BCUT2D eigenvalue weighted by molar-refractivity contribution is 0.616. The standard InChI is InChI=1S/C15H12Cl2FN3/c1-9-5-6-12-15(19-9)21(13(20-12)7-8-16)14-10(17)3-2-4-11(14)18/h2-6H,7-8H2,1H3. The van der Waals surface area contributed by atoms with Gasteiger partial charge in [-0.05, 0) is 31.2 Å². The molecule has 3 rings (SSSR count). The zero-order chi connectivity index (χ0) is 15.0. The van der Waals surface area contributed by atoms with Crippen LogP contribution in [0, 0.1) is 12.7 Å². The van der Waals surface area contributed by atoms with Gasteiger partial charge in [-0.15, -0.1) is 11.6 Å². The third-order valence-corrected chi connectivity index (χ3v) is 3.69. The monoisotopic (exact) mass is 323 g/mol. The van der Waals surface area contributed by atoms with Crippen LogP contribution in [0.2, 0.25) is 5.02 Å². The molecule has 0 radical (unpaired) electrons. The summed E-state index contributed by atoms with van der Waals surface area (Å²) in [5.41, 5.74) is 2.37. The van der Waals surface area contributed by atoms with Gasteiger partial charge < -0.3 is 0 Å². The third kappa shape index (κ3) is 2.49. The van der Waals surface area contributed by atoms with Crippen molar-refractivity contribution < 1.29 is 4.39 Å². The number of rotatable bonds is 3. The number of imidazole rings is 1. The van der Waals surface area contributed by atoms with Crippen molar-refractivity contribution in [2.75, 3.05) is 5.88 Å². The van der Waals surface area contributed by atoms with Gasteiger partial charge in [0.15, 0.2) is 5.65 Å². The molecule has 2 heterocycles. The van der Waals surface area contributed by atoms with Gasteiger partial charge in [0.2, 0.25) is 0 Å². The molecule has 0 saturated heterocycles. The van der Waals surface area contributed by atoms with E-state index in [9.17, 15) is 4.39 Å². The molecule has 0 fully saturated rings. The Labute approximate surface area is 131 Å². The van der Waals surface area contributed by atoms with Crippen LogP contribution in [-0.4, -0.2) is 20.4 Å². The fraction of sp³-hybridized carbons (Fsp3) is 0.200. The van der Waals surface area contributed by atoms with Gasteiger partial charge in [-0.2, -0.15) is 0 Å². The molecule has 21 heavy (non-hydrogen) atoms. The number of alkyl halides is 1. The normalized spacial score (nSPS) is 11.2. The van der Waals surface area contributed by atoms with Crippen LogP contribution in [0.5, 0.6) is 0 Å². The van der Waals surface area contributed by atoms with E-state index in [1.54, 1.807) is 16.7 Å². The average molecular weight is 324 g/mol. The molecule has 1 aromatic carbocycles. The first kappa shape index (κ1) is 14.3. The maximum atomic E-state index is 14.3. The number of aryl methyl sites for hydroxylation is 2. The van der Waals surface area contributed by atoms with E-state index >= 15 is 0 Å². The molecule has 3 aromatic rings. The van der Waals surface area contributed by atoms with E-state index in [0.717, 1.165) is 5.69 Å². The van der Waals surface area contributed by atoms with Gasteiger partial charge in [-0.3, -0.25) is 4.57 Å². The van der Waals surface area contributed by atoms with Gasteiger partial charge in [-0.25, -0.2) is 14.4 Å². The van der Waals surface area contributed by atoms with E-state index in [1.807, 2.05) is 19.1 Å². The van der Waals surface area contributed by atoms with Crippen LogP contribution in [0.25, 0.3) is 16.9 Å². The van der Waals surface area contributed by atoms with Gasteiger partial charge in [-0.1, -0.05) is 17.7 Å². The molecule has 0 N–H and O–H groups in total. The number of halogens is 3. The van der Waals surface area contributed by atoms with Crippen molar-refractivity contribution in [3.05, 3.63) is 52.7 Å². The van der Waals surface area contributed by atoms with E-state index in [-0.39, 0.29) is 5.69 Å². The number of aromatic nitrogens is 3. The van der Waals surface area contributed by atoms with Crippen LogP contribution in [0.4, 0.5) is 4.39 Å². The van der Waals surface area contributed by atoms with E-state index in [2.05, 4.69) is 9.97 Å². The zero-order valence-electron chi connectivity index (χ0n) is 11.3. The van der Waals surface area contributed by atoms with E-state index in [4.69, 9.17) is 23.2 Å². The predicted molar refractivity (Wildman–Crippen MR) is 83.0 cm³/mol. The highest BCUT2D eigenvalue weighted by atomic mass is 35.5. The molecule has 0 aliphatic heterocycles. The number of hydrogen-bond acceptors (Lipinski definition) is 2. The van der Waals surface area contributed by atoms with Crippen LogP contribution < -0.4 is 0 Å². The summed E-state index contributed by atoms with van der Waals surface area (Å²) in [5, 5.41) is 0.313. The van der Waals surface area contributed by atoms with Crippen molar-refractivity contribution in [3.63, 3.8) is 0 Å². The maximum Gasteiger partial charge on any atom is 0.165 e. The number of nitrogens with zero attached hydrogens (tertiary/aromatic N) is 3. The molecular weight excluding hydrogens is 312 g/mol. The Bertz CT molecular complexity index is 794. The zero-order valence-corrected chi connectivity index (χ0v) is 12.8. The van der Waals surface area contributed by atoms with E-state index in [1.165, 1.54) is 6.07 Å². The summed E-state index contributed by atoms with van der Waals surface area (Å²) in [6, 6.07) is 8.31. The minimum atomic E-state index is -0.416. The SMILES string of the molecule is Cc1ccc2nc(CCCl)n(-c3c(F)cccc3Cl)c2n1. The maximum absolute atomic E-state index is 14.3. The minimum absolute atomic E-state index is 0.264. The first-order valence-corrected chi connectivity index (χ1v) is 7.38. The largest absolute Gasteiger partial charge is 0.276 e. The van der Waals surface area contributed by atoms with Crippen LogP contribution in [0.15, 0.2) is 30.3 Å². The number of benzene rings is 1. The molecular formula is C15H12Cl2FN3. The second-order valence-corrected chi connectivity index (χ2v) is 5.45. The lowest BCUT2D eigenvalue weighted by atomic mass is 10.3. The summed E-state index contributed by atoms with van der Waals surface area (Å²) < 4.78 is 15.9. The van der Waals surface area contributed by atoms with Gasteiger partial charge in [0.1, 0.15) is 22.8 Å². The van der Waals surface area contributed by atoms with Crippen molar-refractivity contribution in [2.24, 2.45) is 0 Å². The Morgan fingerprint density at radius 3 is 2.71 bits per heavy atom. The van der Waals surface area contributed by atoms with Gasteiger partial charge in [0.25, 0.3) is 0 Å². The third-order valence-electron chi connectivity index (χ3n) is 3.19. The molecule has 0 spiro atoms. The van der Waals surface area contributed by atoms with Crippen molar-refractivity contribution >= 4 is 34.4 Å². The lowest BCUT2D eigenvalue weighted by Crippen LogP contribution is -2.06. The molecule has 3 nitrogen and oxygen atoms in total. The highest BCUT2D eigenvalue weighted by Crippen LogP contribution is 2.28. The molecule has 2 aromatic heterocycles. The molecule has 0 saturated carbocycles. The molecule has 0 atom stereocenters. The van der Waals surface area contributed by atoms with Crippen molar-refractivity contribution in [1.29, 1.82) is 0 Å². The summed E-state index contributed by atoms with van der Waals surface area (Å²) in [6.45, 7) is 1.88. The molecule has 0 unspecified atom stereocenters. The summed E-state index contributed by atoms with van der Waals surface area (Å²) in [7, 11) is 0. The van der Waals surface area contributed by atoms with Gasteiger partial charge >= 0.3 is 0 Å². The second kappa shape index (κ2) is 5.62. The summed E-state index contributed by atoms with van der Waals surface area (Å²) in [6.07, 6.45) is 0.502. The second-order valence-electron chi connectivity index (χ2n) is 4.67. The fourth-order valence-corrected chi connectivity index (χ4v) is 2.71. The smallest absolute Gasteiger partial charge is 0.165 e. The van der Waals surface area contributed by atoms with E-state index < -0.39 is 5.82 Å². The number of hydrogen-bond donors (Lipinski definition) is 0. The van der Waals surface area contributed by atoms with Crippen LogP contribution in [0.1, 0.15) is 11.5 Å². The average Bonchev–Trinajstić information content (AvgIpc) is 2.77. The molecule has 0 bridgehead atoms. The predicted octanol–water partition coefficient (Wildman–Crippen LogP) is 4.30. The molecule has 0 amide bonds. The molecule has 108 valence electrons. The van der Waals surface area contributed by atoms with Crippen LogP contribution in [0.3, 0.4) is 0 Å². The molecule has 0 aliphatic rings. The Morgan fingerprint density at radius 1 is 1.19 bits per heavy atom. The fourth-order valence-electron chi connectivity index (χ4n) is 2.29. The lowest BCUT2D eigenvalue weighted by Gasteiger charge is -2.11. The van der Waals surface area contributed by atoms with Crippen LogP contribution >= 0.6 is 23.2 Å². The Hall–Kier alpha value is -1.65. The van der Waals surface area contributed by atoms with Crippen molar-refractivity contribution in [1.82, 2.24) is 14.5 Å². The number of fused-ring (bicyclic) bond motifs is 1. The molecule has 6 heteroatoms. The van der Waals surface area contributed by atoms with Crippen molar-refractivity contribution in [3.8, 4) is 5.69 Å².